The summed E-state index contributed by atoms with van der Waals surface area (Å²) >= 11 is 0. The van der Waals surface area contributed by atoms with Crippen molar-refractivity contribution < 1.29 is 9.53 Å². The molecule has 1 fully saturated rings. The minimum atomic E-state index is 0.00286. The van der Waals surface area contributed by atoms with Crippen LogP contribution in [0.1, 0.15) is 42.3 Å². The number of piperidine rings is 1. The van der Waals surface area contributed by atoms with Gasteiger partial charge in [0.1, 0.15) is 17.4 Å². The van der Waals surface area contributed by atoms with Gasteiger partial charge in [0.25, 0.3) is 0 Å². The van der Waals surface area contributed by atoms with E-state index in [1.165, 1.54) is 5.56 Å². The van der Waals surface area contributed by atoms with Crippen LogP contribution < -0.4 is 15.0 Å². The van der Waals surface area contributed by atoms with Gasteiger partial charge in [0.15, 0.2) is 0 Å². The van der Waals surface area contributed by atoms with Crippen LogP contribution in [0.2, 0.25) is 0 Å². The lowest BCUT2D eigenvalue weighted by atomic mass is 9.96. The molecule has 7 heteroatoms. The van der Waals surface area contributed by atoms with E-state index < -0.39 is 0 Å². The Morgan fingerprint density at radius 1 is 1.20 bits per heavy atom. The predicted molar refractivity (Wildman–Crippen MR) is 118 cm³/mol. The molecular weight excluding hydrogens is 378 g/mol. The van der Waals surface area contributed by atoms with Crippen LogP contribution in [0.15, 0.2) is 24.3 Å². The fourth-order valence-electron chi connectivity index (χ4n) is 4.48. The molecule has 0 radical (unpaired) electrons. The average Bonchev–Trinajstić information content (AvgIpc) is 2.75. The number of benzene rings is 1. The molecule has 2 aliphatic heterocycles. The number of carbonyl (C=O) groups is 1. The van der Waals surface area contributed by atoms with Gasteiger partial charge < -0.3 is 15.0 Å². The zero-order chi connectivity index (χ0) is 21.1. The molecule has 1 N–H and O–H groups in total. The number of nitrogens with zero attached hydrogens (tertiary/aromatic N) is 4. The maximum Gasteiger partial charge on any atom is 0.238 e. The molecule has 0 unspecified atom stereocenters. The Bertz CT molecular complexity index is 899. The zero-order valence-corrected chi connectivity index (χ0v) is 18.1. The van der Waals surface area contributed by atoms with Gasteiger partial charge in [-0.3, -0.25) is 9.69 Å². The highest BCUT2D eigenvalue weighted by Crippen LogP contribution is 2.30. The Labute approximate surface area is 178 Å². The molecule has 1 aromatic heterocycles. The quantitative estimate of drug-likeness (QED) is 0.819. The van der Waals surface area contributed by atoms with Crippen LogP contribution in [0, 0.1) is 6.92 Å². The fraction of sp³-hybridized carbons (Fsp3) is 0.522. The smallest absolute Gasteiger partial charge is 0.238 e. The lowest BCUT2D eigenvalue weighted by Gasteiger charge is -2.33. The van der Waals surface area contributed by atoms with Crippen molar-refractivity contribution in [1.82, 2.24) is 14.9 Å². The first-order chi connectivity index (χ1) is 14.5. The number of carbonyl (C=O) groups excluding carboxylic acids is 1. The number of hydrogen-bond acceptors (Lipinski definition) is 6. The Morgan fingerprint density at radius 2 is 2.00 bits per heavy atom. The molecule has 2 aliphatic rings. The van der Waals surface area contributed by atoms with Gasteiger partial charge in [0, 0.05) is 43.0 Å². The summed E-state index contributed by atoms with van der Waals surface area (Å²) in [7, 11) is 3.75. The van der Waals surface area contributed by atoms with Gasteiger partial charge in [-0.2, -0.15) is 0 Å². The highest BCUT2D eigenvalue weighted by atomic mass is 16.5. The van der Waals surface area contributed by atoms with E-state index in [4.69, 9.17) is 14.7 Å². The largest absolute Gasteiger partial charge is 0.497 e. The molecule has 3 heterocycles. The van der Waals surface area contributed by atoms with Crippen molar-refractivity contribution >= 4 is 17.4 Å². The average molecular weight is 410 g/mol. The summed E-state index contributed by atoms with van der Waals surface area (Å²) in [5.41, 5.74) is 3.18. The van der Waals surface area contributed by atoms with Crippen LogP contribution in [0.3, 0.4) is 0 Å². The van der Waals surface area contributed by atoms with Crippen LogP contribution in [0.5, 0.6) is 5.75 Å². The number of aryl methyl sites for hydroxylation is 1. The van der Waals surface area contributed by atoms with Crippen LogP contribution >= 0.6 is 0 Å². The van der Waals surface area contributed by atoms with Gasteiger partial charge in [-0.1, -0.05) is 0 Å². The molecule has 0 spiro atoms. The summed E-state index contributed by atoms with van der Waals surface area (Å²) in [5.74, 6) is 3.08. The summed E-state index contributed by atoms with van der Waals surface area (Å²) in [6.45, 7) is 5.28. The Kier molecular flexibility index (Phi) is 6.18. The first-order valence-electron chi connectivity index (χ1n) is 10.8. The highest BCUT2D eigenvalue weighted by molar-refractivity contribution is 5.92. The number of rotatable bonds is 5. The van der Waals surface area contributed by atoms with Crippen molar-refractivity contribution in [3.05, 3.63) is 41.3 Å². The first kappa shape index (κ1) is 20.6. The molecule has 160 valence electrons. The van der Waals surface area contributed by atoms with E-state index in [0.717, 1.165) is 74.1 Å². The van der Waals surface area contributed by atoms with Gasteiger partial charge in [-0.05, 0) is 63.4 Å². The number of nitrogens with one attached hydrogen (secondary N) is 1. The fourth-order valence-corrected chi connectivity index (χ4v) is 4.48. The molecule has 1 atom stereocenters. The SMILES string of the molecule is COc1ccc(NC(=O)CN2CCC[C@@H](c3nc(C)c4c(n3)N(C)CCC4)C2)cc1. The van der Waals surface area contributed by atoms with E-state index in [9.17, 15) is 4.79 Å². The number of ether oxygens (including phenoxy) is 1. The van der Waals surface area contributed by atoms with Crippen molar-refractivity contribution in [2.45, 2.75) is 38.5 Å². The van der Waals surface area contributed by atoms with Gasteiger partial charge in [-0.15, -0.1) is 0 Å². The van der Waals surface area contributed by atoms with Gasteiger partial charge in [-0.25, -0.2) is 9.97 Å². The van der Waals surface area contributed by atoms with Crippen LogP contribution in [-0.2, 0) is 11.2 Å². The van der Waals surface area contributed by atoms with Crippen molar-refractivity contribution in [2.75, 3.05) is 50.6 Å². The molecule has 0 bridgehead atoms. The third-order valence-electron chi connectivity index (χ3n) is 6.10. The Hall–Kier alpha value is -2.67. The molecule has 0 saturated carbocycles. The summed E-state index contributed by atoms with van der Waals surface area (Å²) in [4.78, 5) is 26.8. The second-order valence-electron chi connectivity index (χ2n) is 8.35. The van der Waals surface area contributed by atoms with Crippen molar-refractivity contribution in [2.24, 2.45) is 0 Å². The van der Waals surface area contributed by atoms with E-state index in [2.05, 4.69) is 29.1 Å². The topological polar surface area (TPSA) is 70.6 Å². The summed E-state index contributed by atoms with van der Waals surface area (Å²) in [6, 6.07) is 7.41. The second kappa shape index (κ2) is 9.00. The normalized spacial score (nSPS) is 19.3. The number of anilines is 2. The summed E-state index contributed by atoms with van der Waals surface area (Å²) in [6.07, 6.45) is 4.34. The maximum absolute atomic E-state index is 12.5. The number of aromatic nitrogens is 2. The molecule has 1 amide bonds. The first-order valence-corrected chi connectivity index (χ1v) is 10.8. The third kappa shape index (κ3) is 4.56. The van der Waals surface area contributed by atoms with E-state index >= 15 is 0 Å². The van der Waals surface area contributed by atoms with E-state index in [1.807, 2.05) is 24.3 Å². The van der Waals surface area contributed by atoms with Crippen molar-refractivity contribution in [1.29, 1.82) is 0 Å². The summed E-state index contributed by atoms with van der Waals surface area (Å²) in [5, 5.41) is 2.98. The Morgan fingerprint density at radius 3 is 2.77 bits per heavy atom. The lowest BCUT2D eigenvalue weighted by Crippen LogP contribution is -2.40. The van der Waals surface area contributed by atoms with Crippen molar-refractivity contribution in [3.63, 3.8) is 0 Å². The van der Waals surface area contributed by atoms with E-state index in [0.29, 0.717) is 6.54 Å². The predicted octanol–water partition coefficient (Wildman–Crippen LogP) is 2.99. The number of likely N-dealkylation sites (tertiary alicyclic amines) is 1. The molecule has 4 rings (SSSR count). The molecule has 1 aromatic carbocycles. The number of fused-ring (bicyclic) bond motifs is 1. The molecular formula is C23H31N5O2. The van der Waals surface area contributed by atoms with Crippen molar-refractivity contribution in [3.8, 4) is 5.75 Å². The molecule has 0 aliphatic carbocycles. The van der Waals surface area contributed by atoms with E-state index in [1.54, 1.807) is 7.11 Å². The van der Waals surface area contributed by atoms with Gasteiger partial charge in [0.2, 0.25) is 5.91 Å². The van der Waals surface area contributed by atoms with Crippen LogP contribution in [0.25, 0.3) is 0 Å². The number of methoxy groups -OCH3 is 1. The van der Waals surface area contributed by atoms with E-state index in [-0.39, 0.29) is 11.8 Å². The minimum absolute atomic E-state index is 0.00286. The minimum Gasteiger partial charge on any atom is -0.497 e. The van der Waals surface area contributed by atoms with Crippen LogP contribution in [-0.4, -0.2) is 61.1 Å². The maximum atomic E-state index is 12.5. The number of amides is 1. The summed E-state index contributed by atoms with van der Waals surface area (Å²) < 4.78 is 5.16. The molecule has 2 aromatic rings. The molecule has 1 saturated heterocycles. The second-order valence-corrected chi connectivity index (χ2v) is 8.35. The standard InChI is InChI=1S/C23H31N5O2/c1-16-20-7-5-12-27(2)23(20)26-22(24-16)17-6-4-13-28(14-17)15-21(29)25-18-8-10-19(30-3)11-9-18/h8-11,17H,4-7,12-15H2,1-3H3,(H,25,29)/t17-/m1/s1. The Balaban J connectivity index is 1.40. The molecule has 30 heavy (non-hydrogen) atoms. The van der Waals surface area contributed by atoms with Gasteiger partial charge >= 0.3 is 0 Å². The molecule has 7 nitrogen and oxygen atoms in total. The highest BCUT2D eigenvalue weighted by Gasteiger charge is 2.27. The lowest BCUT2D eigenvalue weighted by molar-refractivity contribution is -0.117. The monoisotopic (exact) mass is 409 g/mol. The van der Waals surface area contributed by atoms with Crippen LogP contribution in [0.4, 0.5) is 11.5 Å². The van der Waals surface area contributed by atoms with Gasteiger partial charge in [0.05, 0.1) is 13.7 Å². The zero-order valence-electron chi connectivity index (χ0n) is 18.1. The number of hydrogen-bond donors (Lipinski definition) is 1. The third-order valence-corrected chi connectivity index (χ3v) is 6.10.